The molecule has 2 amide bonds. The fourth-order valence-electron chi connectivity index (χ4n) is 2.51. The molecule has 0 fully saturated rings. The summed E-state index contributed by atoms with van der Waals surface area (Å²) in [5.41, 5.74) is 1.61. The molecule has 1 atom stereocenters. The van der Waals surface area contributed by atoms with Crippen LogP contribution in [0, 0.1) is 0 Å². The highest BCUT2D eigenvalue weighted by Crippen LogP contribution is 2.28. The molecule has 0 bridgehead atoms. The number of allylic oxidation sites excluding steroid dienone is 1. The van der Waals surface area contributed by atoms with Crippen molar-refractivity contribution >= 4 is 12.0 Å². The first-order chi connectivity index (χ1) is 11.9. The number of ether oxygens (including phenoxy) is 3. The number of carbonyl (C=O) groups excluding carboxylic acids is 2. The Balaban J connectivity index is 2.16. The molecule has 7 nitrogen and oxygen atoms in total. The van der Waals surface area contributed by atoms with Gasteiger partial charge < -0.3 is 24.8 Å². The predicted molar refractivity (Wildman–Crippen MR) is 92.1 cm³/mol. The second kappa shape index (κ2) is 8.53. The van der Waals surface area contributed by atoms with Crippen LogP contribution in [0.2, 0.25) is 0 Å². The van der Waals surface area contributed by atoms with Crippen LogP contribution in [0.15, 0.2) is 35.5 Å². The van der Waals surface area contributed by atoms with Crippen LogP contribution in [0.4, 0.5) is 4.79 Å². The summed E-state index contributed by atoms with van der Waals surface area (Å²) in [6.45, 7) is 5.97. The van der Waals surface area contributed by atoms with Gasteiger partial charge in [0.2, 0.25) is 0 Å². The Morgan fingerprint density at radius 1 is 1.20 bits per heavy atom. The molecule has 1 aliphatic rings. The molecule has 7 heteroatoms. The number of hydrogen-bond donors (Lipinski definition) is 2. The minimum Gasteiger partial charge on any atom is -0.497 e. The highest BCUT2D eigenvalue weighted by molar-refractivity contribution is 5.95. The van der Waals surface area contributed by atoms with Gasteiger partial charge in [-0.3, -0.25) is 0 Å². The Kier molecular flexibility index (Phi) is 6.41. The van der Waals surface area contributed by atoms with E-state index in [2.05, 4.69) is 10.6 Å². The SMILES string of the molecule is COc1ccc([C@H]2NC(=O)NC(C)=C2C(=O)OCCOC(C)C)cc1. The van der Waals surface area contributed by atoms with Crippen LogP contribution in [0.1, 0.15) is 32.4 Å². The third-order valence-corrected chi connectivity index (χ3v) is 3.71. The minimum atomic E-state index is -0.585. The van der Waals surface area contributed by atoms with Gasteiger partial charge in [-0.1, -0.05) is 12.1 Å². The molecule has 136 valence electrons. The fraction of sp³-hybridized carbons (Fsp3) is 0.444. The molecule has 25 heavy (non-hydrogen) atoms. The van der Waals surface area contributed by atoms with E-state index < -0.39 is 12.0 Å². The van der Waals surface area contributed by atoms with E-state index in [1.807, 2.05) is 13.8 Å². The summed E-state index contributed by atoms with van der Waals surface area (Å²) in [6, 6.07) is 6.21. The average molecular weight is 348 g/mol. The molecule has 1 aromatic carbocycles. The Morgan fingerprint density at radius 2 is 1.88 bits per heavy atom. The highest BCUT2D eigenvalue weighted by Gasteiger charge is 2.32. The third kappa shape index (κ3) is 4.96. The van der Waals surface area contributed by atoms with Gasteiger partial charge in [-0.25, -0.2) is 9.59 Å². The normalized spacial score (nSPS) is 17.2. The molecule has 0 spiro atoms. The van der Waals surface area contributed by atoms with Gasteiger partial charge in [0.1, 0.15) is 12.4 Å². The van der Waals surface area contributed by atoms with Gasteiger partial charge in [-0.15, -0.1) is 0 Å². The van der Waals surface area contributed by atoms with Gasteiger partial charge in [-0.05, 0) is 38.5 Å². The van der Waals surface area contributed by atoms with Crippen molar-refractivity contribution in [3.8, 4) is 5.75 Å². The van der Waals surface area contributed by atoms with Crippen molar-refractivity contribution in [3.63, 3.8) is 0 Å². The van der Waals surface area contributed by atoms with Crippen LogP contribution in [-0.2, 0) is 14.3 Å². The maximum atomic E-state index is 12.5. The van der Waals surface area contributed by atoms with E-state index in [-0.39, 0.29) is 18.7 Å². The molecule has 1 heterocycles. The van der Waals surface area contributed by atoms with E-state index in [4.69, 9.17) is 14.2 Å². The maximum absolute atomic E-state index is 12.5. The molecule has 0 saturated heterocycles. The van der Waals surface area contributed by atoms with E-state index in [9.17, 15) is 9.59 Å². The molecular formula is C18H24N2O5. The lowest BCUT2D eigenvalue weighted by Crippen LogP contribution is -2.45. The third-order valence-electron chi connectivity index (χ3n) is 3.71. The molecule has 0 aromatic heterocycles. The summed E-state index contributed by atoms with van der Waals surface area (Å²) >= 11 is 0. The number of benzene rings is 1. The van der Waals surface area contributed by atoms with Crippen LogP contribution in [0.3, 0.4) is 0 Å². The topological polar surface area (TPSA) is 85.9 Å². The molecule has 1 aromatic rings. The monoisotopic (exact) mass is 348 g/mol. The molecule has 0 radical (unpaired) electrons. The Morgan fingerprint density at radius 3 is 2.48 bits per heavy atom. The quantitative estimate of drug-likeness (QED) is 0.583. The number of methoxy groups -OCH3 is 1. The van der Waals surface area contributed by atoms with Crippen molar-refractivity contribution in [2.24, 2.45) is 0 Å². The van der Waals surface area contributed by atoms with E-state index >= 15 is 0 Å². The maximum Gasteiger partial charge on any atom is 0.338 e. The zero-order chi connectivity index (χ0) is 18.4. The van der Waals surface area contributed by atoms with Gasteiger partial charge in [0.15, 0.2) is 0 Å². The summed E-state index contributed by atoms with van der Waals surface area (Å²) in [7, 11) is 1.58. The van der Waals surface area contributed by atoms with Gasteiger partial charge in [0, 0.05) is 5.70 Å². The lowest BCUT2D eigenvalue weighted by Gasteiger charge is -2.28. The first-order valence-corrected chi connectivity index (χ1v) is 8.13. The number of urea groups is 1. The van der Waals surface area contributed by atoms with Crippen LogP contribution in [0.5, 0.6) is 5.75 Å². The number of esters is 1. The van der Waals surface area contributed by atoms with Crippen LogP contribution in [0.25, 0.3) is 0 Å². The van der Waals surface area contributed by atoms with E-state index in [0.29, 0.717) is 23.6 Å². The first kappa shape index (κ1) is 18.8. The summed E-state index contributed by atoms with van der Waals surface area (Å²) in [6.07, 6.45) is 0.0716. The molecule has 0 unspecified atom stereocenters. The Bertz CT molecular complexity index is 652. The molecule has 0 saturated carbocycles. The van der Waals surface area contributed by atoms with Crippen molar-refractivity contribution in [2.75, 3.05) is 20.3 Å². The van der Waals surface area contributed by atoms with Crippen LogP contribution >= 0.6 is 0 Å². The number of amides is 2. The zero-order valence-electron chi connectivity index (χ0n) is 14.9. The van der Waals surface area contributed by atoms with Crippen LogP contribution in [-0.4, -0.2) is 38.4 Å². The lowest BCUT2D eigenvalue weighted by atomic mass is 9.95. The number of carbonyl (C=O) groups is 2. The molecular weight excluding hydrogens is 324 g/mol. The van der Waals surface area contributed by atoms with Gasteiger partial charge in [-0.2, -0.15) is 0 Å². The Labute approximate surface area is 147 Å². The van der Waals surface area contributed by atoms with Gasteiger partial charge in [0.05, 0.1) is 31.4 Å². The standard InChI is InChI=1S/C18H24N2O5/c1-11(2)24-9-10-25-17(21)15-12(3)19-18(22)20-16(15)13-5-7-14(23-4)8-6-13/h5-8,11,16H,9-10H2,1-4H3,(H2,19,20,22)/t16-/m1/s1. The predicted octanol–water partition coefficient (Wildman–Crippen LogP) is 2.29. The van der Waals surface area contributed by atoms with Gasteiger partial charge >= 0.3 is 12.0 Å². The average Bonchev–Trinajstić information content (AvgIpc) is 2.57. The van der Waals surface area contributed by atoms with Crippen LogP contribution < -0.4 is 15.4 Å². The number of rotatable bonds is 7. The minimum absolute atomic E-state index is 0.0716. The number of nitrogens with one attached hydrogen (secondary N) is 2. The lowest BCUT2D eigenvalue weighted by molar-refractivity contribution is -0.141. The molecule has 1 aliphatic heterocycles. The zero-order valence-corrected chi connectivity index (χ0v) is 14.9. The highest BCUT2D eigenvalue weighted by atomic mass is 16.6. The second-order valence-electron chi connectivity index (χ2n) is 5.90. The molecule has 2 rings (SSSR count). The summed E-state index contributed by atoms with van der Waals surface area (Å²) in [5, 5.41) is 5.37. The smallest absolute Gasteiger partial charge is 0.338 e. The number of hydrogen-bond acceptors (Lipinski definition) is 5. The summed E-state index contributed by atoms with van der Waals surface area (Å²) in [5.74, 6) is 0.206. The van der Waals surface area contributed by atoms with Crippen molar-refractivity contribution in [2.45, 2.75) is 32.9 Å². The van der Waals surface area contributed by atoms with E-state index in [1.165, 1.54) is 0 Å². The Hall–Kier alpha value is -2.54. The summed E-state index contributed by atoms with van der Waals surface area (Å²) < 4.78 is 15.8. The van der Waals surface area contributed by atoms with Gasteiger partial charge in [0.25, 0.3) is 0 Å². The second-order valence-corrected chi connectivity index (χ2v) is 5.90. The first-order valence-electron chi connectivity index (χ1n) is 8.13. The fourth-order valence-corrected chi connectivity index (χ4v) is 2.51. The van der Waals surface area contributed by atoms with Crippen molar-refractivity contribution in [3.05, 3.63) is 41.1 Å². The van der Waals surface area contributed by atoms with Crippen molar-refractivity contribution in [1.29, 1.82) is 0 Å². The summed E-state index contributed by atoms with van der Waals surface area (Å²) in [4.78, 5) is 24.3. The van der Waals surface area contributed by atoms with E-state index in [1.54, 1.807) is 38.3 Å². The van der Waals surface area contributed by atoms with Crippen molar-refractivity contribution in [1.82, 2.24) is 10.6 Å². The van der Waals surface area contributed by atoms with E-state index in [0.717, 1.165) is 5.56 Å². The molecule has 2 N–H and O–H groups in total. The molecule has 0 aliphatic carbocycles. The van der Waals surface area contributed by atoms with Crippen molar-refractivity contribution < 1.29 is 23.8 Å². The largest absolute Gasteiger partial charge is 0.497 e.